The fraction of sp³-hybridized carbons (Fsp3) is 0.320. The molecule has 0 radical (unpaired) electrons. The van der Waals surface area contributed by atoms with Gasteiger partial charge >= 0.3 is 0 Å². The van der Waals surface area contributed by atoms with Crippen LogP contribution in [0.3, 0.4) is 0 Å². The molecule has 0 fully saturated rings. The SMILES string of the molecule is COc1cc(OC)cc(N(c2ccc3ncc(-c4cnn(C)c4)nc3c2)C(CN)C(C)C)c1. The van der Waals surface area contributed by atoms with E-state index in [0.717, 1.165) is 33.7 Å². The molecule has 0 saturated heterocycles. The zero-order valence-corrected chi connectivity index (χ0v) is 19.7. The van der Waals surface area contributed by atoms with Gasteiger partial charge in [0.2, 0.25) is 0 Å². The lowest BCUT2D eigenvalue weighted by atomic mass is 10.0. The number of aromatic nitrogens is 4. The quantitative estimate of drug-likeness (QED) is 0.434. The topological polar surface area (TPSA) is 91.3 Å². The third kappa shape index (κ3) is 4.61. The first-order valence-electron chi connectivity index (χ1n) is 10.9. The molecule has 0 aliphatic carbocycles. The van der Waals surface area contributed by atoms with Gasteiger partial charge in [0.15, 0.2) is 0 Å². The molecule has 2 aromatic heterocycles. The first kappa shape index (κ1) is 22.5. The average Bonchev–Trinajstić information content (AvgIpc) is 3.27. The normalized spacial score (nSPS) is 12.2. The largest absolute Gasteiger partial charge is 0.497 e. The van der Waals surface area contributed by atoms with Gasteiger partial charge in [-0.2, -0.15) is 5.10 Å². The molecule has 8 heteroatoms. The van der Waals surface area contributed by atoms with Crippen LogP contribution in [0.1, 0.15) is 13.8 Å². The monoisotopic (exact) mass is 446 g/mol. The summed E-state index contributed by atoms with van der Waals surface area (Å²) in [6, 6.07) is 12.0. The van der Waals surface area contributed by atoms with Gasteiger partial charge in [-0.1, -0.05) is 13.8 Å². The number of methoxy groups -OCH3 is 2. The Hall–Kier alpha value is -3.65. The minimum Gasteiger partial charge on any atom is -0.497 e. The second-order valence-electron chi connectivity index (χ2n) is 8.32. The highest BCUT2D eigenvalue weighted by atomic mass is 16.5. The van der Waals surface area contributed by atoms with E-state index in [1.54, 1.807) is 31.3 Å². The molecule has 0 saturated carbocycles. The molecule has 1 unspecified atom stereocenters. The maximum atomic E-state index is 6.26. The molecule has 1 atom stereocenters. The molecule has 172 valence electrons. The molecule has 2 aromatic carbocycles. The Labute approximate surface area is 194 Å². The molecule has 4 aromatic rings. The zero-order valence-electron chi connectivity index (χ0n) is 19.7. The number of nitrogens with zero attached hydrogens (tertiary/aromatic N) is 5. The van der Waals surface area contributed by atoms with E-state index < -0.39 is 0 Å². The summed E-state index contributed by atoms with van der Waals surface area (Å²) < 4.78 is 12.8. The Morgan fingerprint density at radius 1 is 0.970 bits per heavy atom. The highest BCUT2D eigenvalue weighted by Crippen LogP contribution is 2.36. The molecule has 0 aliphatic heterocycles. The van der Waals surface area contributed by atoms with Crippen molar-refractivity contribution < 1.29 is 9.47 Å². The smallest absolute Gasteiger partial charge is 0.124 e. The molecule has 2 heterocycles. The summed E-state index contributed by atoms with van der Waals surface area (Å²) in [5.41, 5.74) is 11.5. The van der Waals surface area contributed by atoms with Gasteiger partial charge in [-0.25, -0.2) is 4.98 Å². The molecule has 0 bridgehead atoms. The predicted molar refractivity (Wildman–Crippen MR) is 131 cm³/mol. The van der Waals surface area contributed by atoms with Crippen LogP contribution in [0.4, 0.5) is 11.4 Å². The lowest BCUT2D eigenvalue weighted by molar-refractivity contribution is 0.394. The minimum atomic E-state index is 0.0497. The third-order valence-electron chi connectivity index (χ3n) is 5.76. The summed E-state index contributed by atoms with van der Waals surface area (Å²) in [6.07, 6.45) is 5.50. The molecule has 0 amide bonds. The standard InChI is InChI=1S/C25H30N6O2/c1-16(2)25(12-26)31(19-8-20(32-4)11-21(9-19)33-5)18-6-7-22-23(10-18)29-24(14-27-22)17-13-28-30(3)15-17/h6-11,13-16,25H,12,26H2,1-5H3. The van der Waals surface area contributed by atoms with Gasteiger partial charge in [-0.05, 0) is 24.1 Å². The van der Waals surface area contributed by atoms with E-state index >= 15 is 0 Å². The molecule has 0 spiro atoms. The van der Waals surface area contributed by atoms with Gasteiger partial charge in [0, 0.05) is 61.0 Å². The number of nitrogens with two attached hydrogens (primary N) is 1. The van der Waals surface area contributed by atoms with E-state index in [1.165, 1.54) is 0 Å². The van der Waals surface area contributed by atoms with Crippen molar-refractivity contribution in [2.75, 3.05) is 25.7 Å². The van der Waals surface area contributed by atoms with Crippen molar-refractivity contribution in [2.45, 2.75) is 19.9 Å². The van der Waals surface area contributed by atoms with Crippen molar-refractivity contribution in [3.63, 3.8) is 0 Å². The number of benzene rings is 2. The minimum absolute atomic E-state index is 0.0497. The molecule has 33 heavy (non-hydrogen) atoms. The number of anilines is 2. The maximum absolute atomic E-state index is 6.26. The average molecular weight is 447 g/mol. The maximum Gasteiger partial charge on any atom is 0.124 e. The fourth-order valence-corrected chi connectivity index (χ4v) is 3.98. The molecule has 4 rings (SSSR count). The molecule has 8 nitrogen and oxygen atoms in total. The van der Waals surface area contributed by atoms with Crippen LogP contribution in [-0.2, 0) is 7.05 Å². The highest BCUT2D eigenvalue weighted by Gasteiger charge is 2.24. The van der Waals surface area contributed by atoms with Gasteiger partial charge in [-0.15, -0.1) is 0 Å². The van der Waals surface area contributed by atoms with Crippen molar-refractivity contribution in [1.29, 1.82) is 0 Å². The molecule has 0 aliphatic rings. The van der Waals surface area contributed by atoms with Crippen molar-refractivity contribution >= 4 is 22.4 Å². The third-order valence-corrected chi connectivity index (χ3v) is 5.76. The summed E-state index contributed by atoms with van der Waals surface area (Å²) in [5.74, 6) is 1.73. The second kappa shape index (κ2) is 9.46. The first-order valence-corrected chi connectivity index (χ1v) is 10.9. The Kier molecular flexibility index (Phi) is 6.46. The van der Waals surface area contributed by atoms with E-state index in [4.69, 9.17) is 20.2 Å². The summed E-state index contributed by atoms with van der Waals surface area (Å²) in [6.45, 7) is 4.82. The van der Waals surface area contributed by atoms with Gasteiger partial charge in [0.25, 0.3) is 0 Å². The van der Waals surface area contributed by atoms with Crippen LogP contribution in [0.2, 0.25) is 0 Å². The number of ether oxygens (including phenoxy) is 2. The van der Waals surface area contributed by atoms with E-state index in [9.17, 15) is 0 Å². The number of aryl methyl sites for hydroxylation is 1. The van der Waals surface area contributed by atoms with Gasteiger partial charge in [-0.3, -0.25) is 9.67 Å². The highest BCUT2D eigenvalue weighted by molar-refractivity contribution is 5.83. The summed E-state index contributed by atoms with van der Waals surface area (Å²) >= 11 is 0. The molecule has 2 N–H and O–H groups in total. The Morgan fingerprint density at radius 2 is 1.70 bits per heavy atom. The van der Waals surface area contributed by atoms with Crippen LogP contribution < -0.4 is 20.1 Å². The van der Waals surface area contributed by atoms with Crippen LogP contribution in [0, 0.1) is 5.92 Å². The van der Waals surface area contributed by atoms with Crippen LogP contribution in [-0.4, -0.2) is 46.6 Å². The van der Waals surface area contributed by atoms with Crippen molar-refractivity contribution in [2.24, 2.45) is 18.7 Å². The summed E-state index contributed by atoms with van der Waals surface area (Å²) in [5, 5.41) is 4.25. The van der Waals surface area contributed by atoms with Crippen LogP contribution in [0.15, 0.2) is 55.0 Å². The van der Waals surface area contributed by atoms with Crippen molar-refractivity contribution in [3.8, 4) is 22.8 Å². The lowest BCUT2D eigenvalue weighted by Crippen LogP contribution is -2.41. The van der Waals surface area contributed by atoms with Gasteiger partial charge in [0.05, 0.1) is 43.3 Å². The summed E-state index contributed by atoms with van der Waals surface area (Å²) in [4.78, 5) is 11.7. The van der Waals surface area contributed by atoms with Gasteiger partial charge in [0.1, 0.15) is 11.5 Å². The number of hydrogen-bond donors (Lipinski definition) is 1. The zero-order chi connectivity index (χ0) is 23.5. The Morgan fingerprint density at radius 3 is 2.27 bits per heavy atom. The number of fused-ring (bicyclic) bond motifs is 1. The molecular weight excluding hydrogens is 416 g/mol. The van der Waals surface area contributed by atoms with E-state index in [2.05, 4.69) is 41.0 Å². The summed E-state index contributed by atoms with van der Waals surface area (Å²) in [7, 11) is 5.18. The van der Waals surface area contributed by atoms with E-state index in [1.807, 2.05) is 37.5 Å². The van der Waals surface area contributed by atoms with Crippen molar-refractivity contribution in [1.82, 2.24) is 19.7 Å². The molecular formula is C25H30N6O2. The van der Waals surface area contributed by atoms with Crippen LogP contribution in [0.25, 0.3) is 22.3 Å². The Balaban J connectivity index is 1.86. The number of rotatable bonds is 8. The first-order chi connectivity index (χ1) is 15.9. The lowest BCUT2D eigenvalue weighted by Gasteiger charge is -2.36. The number of hydrogen-bond acceptors (Lipinski definition) is 7. The van der Waals surface area contributed by atoms with E-state index in [-0.39, 0.29) is 6.04 Å². The van der Waals surface area contributed by atoms with Gasteiger partial charge < -0.3 is 20.1 Å². The second-order valence-corrected chi connectivity index (χ2v) is 8.32. The van der Waals surface area contributed by atoms with E-state index in [0.29, 0.717) is 24.0 Å². The van der Waals surface area contributed by atoms with Crippen molar-refractivity contribution in [3.05, 3.63) is 55.0 Å². The van der Waals surface area contributed by atoms with Crippen LogP contribution >= 0.6 is 0 Å². The van der Waals surface area contributed by atoms with Crippen LogP contribution in [0.5, 0.6) is 11.5 Å². The Bertz CT molecular complexity index is 1230. The fourth-order valence-electron chi connectivity index (χ4n) is 3.98. The predicted octanol–water partition coefficient (Wildman–Crippen LogP) is 4.17.